The molecular weight excluding hydrogens is 367 g/mol. The van der Waals surface area contributed by atoms with Crippen LogP contribution in [0.25, 0.3) is 0 Å². The molecule has 1 saturated heterocycles. The van der Waals surface area contributed by atoms with Crippen molar-refractivity contribution in [2.45, 2.75) is 50.6 Å². The van der Waals surface area contributed by atoms with Gasteiger partial charge < -0.3 is 10.6 Å². The van der Waals surface area contributed by atoms with Crippen molar-refractivity contribution >= 4 is 5.95 Å². The molecule has 28 heavy (non-hydrogen) atoms. The number of piperidine rings is 1. The summed E-state index contributed by atoms with van der Waals surface area (Å²) in [7, 11) is 0. The van der Waals surface area contributed by atoms with E-state index in [4.69, 9.17) is 4.98 Å². The van der Waals surface area contributed by atoms with E-state index in [-0.39, 0.29) is 5.56 Å². The van der Waals surface area contributed by atoms with Crippen molar-refractivity contribution < 1.29 is 13.2 Å². The third kappa shape index (κ3) is 2.98. The van der Waals surface area contributed by atoms with Gasteiger partial charge in [-0.05, 0) is 56.7 Å². The maximum atomic E-state index is 14.5. The molecule has 3 aliphatic rings. The monoisotopic (exact) mass is 391 g/mol. The Balaban J connectivity index is 1.46. The fraction of sp³-hybridized carbons (Fsp3) is 0.600. The van der Waals surface area contributed by atoms with E-state index in [2.05, 4.69) is 15.7 Å². The third-order valence-electron chi connectivity index (χ3n) is 6.60. The van der Waals surface area contributed by atoms with Gasteiger partial charge in [-0.3, -0.25) is 0 Å². The molecule has 2 aromatic rings. The first kappa shape index (κ1) is 18.0. The molecule has 2 bridgehead atoms. The Morgan fingerprint density at radius 1 is 1.00 bits per heavy atom. The molecule has 1 aliphatic carbocycles. The van der Waals surface area contributed by atoms with E-state index in [0.29, 0.717) is 42.6 Å². The van der Waals surface area contributed by atoms with Crippen LogP contribution in [-0.4, -0.2) is 33.9 Å². The molecule has 4 atom stereocenters. The molecular formula is C20H24F3N5. The SMILES string of the molecule is Fc1ccc(C2CCCCn3nc(N[C@@H]4C5CC[C@H]4CNC5)nc32)c(F)c1F. The molecule has 150 valence electrons. The molecule has 5 rings (SSSR count). The second-order valence-electron chi connectivity index (χ2n) is 8.26. The number of rotatable bonds is 3. The average molecular weight is 391 g/mol. The normalized spacial score (nSPS) is 29.4. The van der Waals surface area contributed by atoms with Crippen LogP contribution in [0.3, 0.4) is 0 Å². The first-order valence-corrected chi connectivity index (χ1v) is 10.2. The van der Waals surface area contributed by atoms with Gasteiger partial charge in [-0.1, -0.05) is 12.5 Å². The van der Waals surface area contributed by atoms with Crippen molar-refractivity contribution in [3.63, 3.8) is 0 Å². The van der Waals surface area contributed by atoms with Crippen LogP contribution in [0.15, 0.2) is 12.1 Å². The molecule has 1 aromatic carbocycles. The van der Waals surface area contributed by atoms with E-state index in [1.807, 2.05) is 4.68 Å². The number of aryl methyl sites for hydroxylation is 1. The Bertz CT molecular complexity index is 867. The number of aromatic nitrogens is 3. The highest BCUT2D eigenvalue weighted by Crippen LogP contribution is 2.37. The minimum Gasteiger partial charge on any atom is -0.350 e. The number of hydrogen-bond donors (Lipinski definition) is 2. The number of halogens is 3. The lowest BCUT2D eigenvalue weighted by molar-refractivity contribution is 0.341. The summed E-state index contributed by atoms with van der Waals surface area (Å²) in [6.07, 6.45) is 4.79. The van der Waals surface area contributed by atoms with Gasteiger partial charge >= 0.3 is 0 Å². The molecule has 1 saturated carbocycles. The van der Waals surface area contributed by atoms with Crippen molar-refractivity contribution in [2.24, 2.45) is 11.8 Å². The predicted octanol–water partition coefficient (Wildman–Crippen LogP) is 3.42. The highest BCUT2D eigenvalue weighted by atomic mass is 19.2. The predicted molar refractivity (Wildman–Crippen MR) is 98.5 cm³/mol. The average Bonchev–Trinajstić information content (AvgIpc) is 3.08. The molecule has 0 spiro atoms. The fourth-order valence-electron chi connectivity index (χ4n) is 5.15. The van der Waals surface area contributed by atoms with Gasteiger partial charge in [0, 0.05) is 24.1 Å². The second-order valence-corrected chi connectivity index (χ2v) is 8.26. The minimum absolute atomic E-state index is 0.155. The summed E-state index contributed by atoms with van der Waals surface area (Å²) < 4.78 is 43.5. The number of nitrogens with zero attached hydrogens (tertiary/aromatic N) is 3. The standard InChI is InChI=1S/C20H24F3N5/c21-15-7-6-13(16(22)17(15)23)14-3-1-2-8-28-19(14)26-20(27-28)25-18-11-4-5-12(18)10-24-9-11/h6-7,11-12,14,18,24H,1-5,8-10H2,(H,25,27)/t11-,12?,14?,18-/m0/s1. The molecule has 2 N–H and O–H groups in total. The number of anilines is 1. The summed E-state index contributed by atoms with van der Waals surface area (Å²) in [4.78, 5) is 4.69. The first-order chi connectivity index (χ1) is 13.6. The van der Waals surface area contributed by atoms with Gasteiger partial charge in [0.05, 0.1) is 0 Å². The van der Waals surface area contributed by atoms with Crippen molar-refractivity contribution in [1.29, 1.82) is 0 Å². The van der Waals surface area contributed by atoms with E-state index in [9.17, 15) is 13.2 Å². The van der Waals surface area contributed by atoms with E-state index in [0.717, 1.165) is 32.0 Å². The first-order valence-electron chi connectivity index (χ1n) is 10.2. The summed E-state index contributed by atoms with van der Waals surface area (Å²) in [5.74, 6) is -1.79. The largest absolute Gasteiger partial charge is 0.350 e. The Labute approximate surface area is 161 Å². The zero-order chi connectivity index (χ0) is 19.3. The van der Waals surface area contributed by atoms with Gasteiger partial charge in [0.2, 0.25) is 5.95 Å². The molecule has 2 fully saturated rings. The summed E-state index contributed by atoms with van der Waals surface area (Å²) in [6.45, 7) is 2.71. The smallest absolute Gasteiger partial charge is 0.242 e. The van der Waals surface area contributed by atoms with Crippen LogP contribution in [-0.2, 0) is 6.54 Å². The van der Waals surface area contributed by atoms with E-state index in [1.165, 1.54) is 18.9 Å². The number of nitrogens with one attached hydrogen (secondary N) is 2. The van der Waals surface area contributed by atoms with Gasteiger partial charge in [0.25, 0.3) is 0 Å². The van der Waals surface area contributed by atoms with Crippen molar-refractivity contribution in [1.82, 2.24) is 20.1 Å². The maximum Gasteiger partial charge on any atom is 0.242 e. The molecule has 2 aliphatic heterocycles. The maximum absolute atomic E-state index is 14.5. The van der Waals surface area contributed by atoms with Crippen LogP contribution in [0.4, 0.5) is 19.1 Å². The number of fused-ring (bicyclic) bond motifs is 3. The van der Waals surface area contributed by atoms with Gasteiger partial charge in [0.15, 0.2) is 17.5 Å². The number of benzene rings is 1. The summed E-state index contributed by atoms with van der Waals surface area (Å²) >= 11 is 0. The van der Waals surface area contributed by atoms with E-state index >= 15 is 0 Å². The quantitative estimate of drug-likeness (QED) is 0.788. The van der Waals surface area contributed by atoms with Crippen LogP contribution >= 0.6 is 0 Å². The van der Waals surface area contributed by atoms with Crippen LogP contribution in [0.2, 0.25) is 0 Å². The Kier molecular flexibility index (Phi) is 4.53. The van der Waals surface area contributed by atoms with Crippen LogP contribution in [0.1, 0.15) is 49.4 Å². The van der Waals surface area contributed by atoms with E-state index < -0.39 is 23.4 Å². The third-order valence-corrected chi connectivity index (χ3v) is 6.60. The van der Waals surface area contributed by atoms with Gasteiger partial charge in [-0.2, -0.15) is 4.98 Å². The molecule has 8 heteroatoms. The highest BCUT2D eigenvalue weighted by molar-refractivity contribution is 5.34. The molecule has 1 aromatic heterocycles. The van der Waals surface area contributed by atoms with Crippen molar-refractivity contribution in [3.05, 3.63) is 41.0 Å². The molecule has 0 radical (unpaired) electrons. The lowest BCUT2D eigenvalue weighted by atomic mass is 9.93. The zero-order valence-corrected chi connectivity index (χ0v) is 15.6. The Morgan fingerprint density at radius 2 is 1.79 bits per heavy atom. The fourth-order valence-corrected chi connectivity index (χ4v) is 5.15. The summed E-state index contributed by atoms with van der Waals surface area (Å²) in [6, 6.07) is 2.68. The lowest BCUT2D eigenvalue weighted by Crippen LogP contribution is -2.45. The number of hydrogen-bond acceptors (Lipinski definition) is 4. The molecule has 5 nitrogen and oxygen atoms in total. The Morgan fingerprint density at radius 3 is 2.57 bits per heavy atom. The van der Waals surface area contributed by atoms with Gasteiger partial charge in [0.1, 0.15) is 5.82 Å². The van der Waals surface area contributed by atoms with Crippen LogP contribution in [0, 0.1) is 29.3 Å². The summed E-state index contributed by atoms with van der Waals surface area (Å²) in [5, 5.41) is 11.6. The second kappa shape index (κ2) is 7.06. The van der Waals surface area contributed by atoms with Gasteiger partial charge in [-0.15, -0.1) is 5.10 Å². The lowest BCUT2D eigenvalue weighted by Gasteiger charge is -2.31. The molecule has 0 amide bonds. The topological polar surface area (TPSA) is 54.8 Å². The van der Waals surface area contributed by atoms with E-state index in [1.54, 1.807) is 0 Å². The van der Waals surface area contributed by atoms with Gasteiger partial charge in [-0.25, -0.2) is 17.9 Å². The molecule has 2 unspecified atom stereocenters. The van der Waals surface area contributed by atoms with Crippen LogP contribution < -0.4 is 10.6 Å². The van der Waals surface area contributed by atoms with Crippen molar-refractivity contribution in [2.75, 3.05) is 18.4 Å². The Hall–Kier alpha value is -2.09. The molecule has 3 heterocycles. The van der Waals surface area contributed by atoms with Crippen LogP contribution in [0.5, 0.6) is 0 Å². The summed E-state index contributed by atoms with van der Waals surface area (Å²) in [5.41, 5.74) is 0.155. The minimum atomic E-state index is -1.42. The highest BCUT2D eigenvalue weighted by Gasteiger charge is 2.39. The zero-order valence-electron chi connectivity index (χ0n) is 15.6. The van der Waals surface area contributed by atoms with Crippen molar-refractivity contribution in [3.8, 4) is 0 Å².